The largest absolute Gasteiger partial charge is 0.307 e. The third-order valence-corrected chi connectivity index (χ3v) is 5.27. The second-order valence-electron chi connectivity index (χ2n) is 4.48. The summed E-state index contributed by atoms with van der Waals surface area (Å²) in [5, 5.41) is 2.13. The first-order valence-corrected chi connectivity index (χ1v) is 9.09. The summed E-state index contributed by atoms with van der Waals surface area (Å²) < 4.78 is 27.8. The van der Waals surface area contributed by atoms with Gasteiger partial charge in [-0.05, 0) is 27.9 Å². The second kappa shape index (κ2) is 6.26. The van der Waals surface area contributed by atoms with Crippen molar-refractivity contribution in [2.75, 3.05) is 10.1 Å². The third kappa shape index (κ3) is 3.70. The van der Waals surface area contributed by atoms with Crippen LogP contribution in [-0.2, 0) is 10.0 Å². The number of aromatic nitrogens is 2. The molecule has 2 rings (SSSR count). The van der Waals surface area contributed by atoms with E-state index in [1.807, 2.05) is 19.2 Å². The summed E-state index contributed by atoms with van der Waals surface area (Å²) in [7, 11) is -3.83. The molecule has 0 aliphatic carbocycles. The molecule has 0 atom stereocenters. The minimum absolute atomic E-state index is 0.0549. The zero-order chi connectivity index (χ0) is 15.6. The van der Waals surface area contributed by atoms with Gasteiger partial charge in [-0.2, -0.15) is 0 Å². The molecular weight excluding hydrogens is 378 g/mol. The first-order valence-electron chi connectivity index (χ1n) is 5.94. The molecule has 0 spiro atoms. The number of nitrogens with one attached hydrogen (secondary N) is 2. The van der Waals surface area contributed by atoms with Crippen LogP contribution in [0.1, 0.15) is 25.5 Å². The molecule has 0 fully saturated rings. The highest BCUT2D eigenvalue weighted by atomic mass is 79.9. The van der Waals surface area contributed by atoms with Crippen LogP contribution >= 0.6 is 27.3 Å². The Morgan fingerprint density at radius 1 is 1.43 bits per heavy atom. The predicted molar refractivity (Wildman–Crippen MR) is 86.8 cm³/mol. The molecule has 21 heavy (non-hydrogen) atoms. The number of rotatable bonds is 5. The summed E-state index contributed by atoms with van der Waals surface area (Å²) in [6.45, 7) is 3.98. The fourth-order valence-corrected chi connectivity index (χ4v) is 4.26. The van der Waals surface area contributed by atoms with Gasteiger partial charge in [0.2, 0.25) is 0 Å². The van der Waals surface area contributed by atoms with Gasteiger partial charge in [-0.25, -0.2) is 24.2 Å². The number of anilines is 2. The SMILES string of the molecule is CC(C)c1csc(NS(=O)(=O)c2cc(Br)cnc2NN)n1. The smallest absolute Gasteiger partial charge is 0.267 e. The highest BCUT2D eigenvalue weighted by Gasteiger charge is 2.21. The molecule has 0 aliphatic rings. The molecule has 7 nitrogen and oxygen atoms in total. The van der Waals surface area contributed by atoms with Crippen molar-refractivity contribution in [1.82, 2.24) is 9.97 Å². The van der Waals surface area contributed by atoms with Crippen molar-refractivity contribution >= 4 is 48.2 Å². The summed E-state index contributed by atoms with van der Waals surface area (Å²) in [5.41, 5.74) is 3.11. The van der Waals surface area contributed by atoms with E-state index in [0.717, 1.165) is 5.69 Å². The molecule has 0 amide bonds. The fourth-order valence-electron chi connectivity index (χ4n) is 1.50. The van der Waals surface area contributed by atoms with Crippen LogP contribution in [0.3, 0.4) is 0 Å². The lowest BCUT2D eigenvalue weighted by atomic mass is 10.2. The Hall–Kier alpha value is -1.23. The van der Waals surface area contributed by atoms with E-state index < -0.39 is 10.0 Å². The number of pyridine rings is 1. The molecule has 2 heterocycles. The highest BCUT2D eigenvalue weighted by molar-refractivity contribution is 9.10. The van der Waals surface area contributed by atoms with Gasteiger partial charge in [-0.15, -0.1) is 11.3 Å². The Labute approximate surface area is 135 Å². The van der Waals surface area contributed by atoms with Crippen LogP contribution in [-0.4, -0.2) is 18.4 Å². The maximum absolute atomic E-state index is 12.4. The van der Waals surface area contributed by atoms with Crippen molar-refractivity contribution in [2.45, 2.75) is 24.7 Å². The van der Waals surface area contributed by atoms with Gasteiger partial charge in [-0.3, -0.25) is 4.72 Å². The lowest BCUT2D eigenvalue weighted by molar-refractivity contribution is 0.601. The summed E-state index contributed by atoms with van der Waals surface area (Å²) in [6, 6.07) is 1.42. The molecule has 2 aromatic rings. The van der Waals surface area contributed by atoms with Crippen LogP contribution in [0.5, 0.6) is 0 Å². The van der Waals surface area contributed by atoms with Crippen LogP contribution in [0.4, 0.5) is 10.9 Å². The van der Waals surface area contributed by atoms with Gasteiger partial charge in [-0.1, -0.05) is 13.8 Å². The fraction of sp³-hybridized carbons (Fsp3) is 0.273. The van der Waals surface area contributed by atoms with Gasteiger partial charge in [0.25, 0.3) is 10.0 Å². The van der Waals surface area contributed by atoms with Crippen LogP contribution < -0.4 is 16.0 Å². The molecule has 10 heteroatoms. The number of hydrogen-bond donors (Lipinski definition) is 3. The average Bonchev–Trinajstić information content (AvgIpc) is 2.86. The lowest BCUT2D eigenvalue weighted by Gasteiger charge is -2.09. The van der Waals surface area contributed by atoms with E-state index >= 15 is 0 Å². The molecule has 114 valence electrons. The van der Waals surface area contributed by atoms with Crippen molar-refractivity contribution in [3.8, 4) is 0 Å². The van der Waals surface area contributed by atoms with Crippen molar-refractivity contribution in [3.05, 3.63) is 27.8 Å². The Balaban J connectivity index is 2.35. The van der Waals surface area contributed by atoms with E-state index in [-0.39, 0.29) is 16.6 Å². The monoisotopic (exact) mass is 391 g/mol. The van der Waals surface area contributed by atoms with Gasteiger partial charge in [0.15, 0.2) is 10.9 Å². The van der Waals surface area contributed by atoms with E-state index in [9.17, 15) is 8.42 Å². The zero-order valence-electron chi connectivity index (χ0n) is 11.3. The highest BCUT2D eigenvalue weighted by Crippen LogP contribution is 2.27. The molecule has 0 aromatic carbocycles. The molecule has 0 unspecified atom stereocenters. The number of halogens is 1. The molecular formula is C11H14BrN5O2S2. The Kier molecular flexibility index (Phi) is 4.81. The van der Waals surface area contributed by atoms with Crippen molar-refractivity contribution < 1.29 is 8.42 Å². The van der Waals surface area contributed by atoms with Gasteiger partial charge in [0.05, 0.1) is 5.69 Å². The number of nitrogen functional groups attached to an aromatic ring is 1. The lowest BCUT2D eigenvalue weighted by Crippen LogP contribution is -2.18. The quantitative estimate of drug-likeness (QED) is 0.533. The number of nitrogens with two attached hydrogens (primary N) is 1. The molecule has 0 radical (unpaired) electrons. The van der Waals surface area contributed by atoms with Gasteiger partial charge in [0, 0.05) is 16.0 Å². The van der Waals surface area contributed by atoms with Crippen LogP contribution in [0.2, 0.25) is 0 Å². The van der Waals surface area contributed by atoms with E-state index in [2.05, 4.69) is 36.0 Å². The molecule has 4 N–H and O–H groups in total. The van der Waals surface area contributed by atoms with E-state index in [0.29, 0.717) is 9.60 Å². The van der Waals surface area contributed by atoms with Crippen molar-refractivity contribution in [1.29, 1.82) is 0 Å². The zero-order valence-corrected chi connectivity index (χ0v) is 14.5. The number of nitrogens with zero attached hydrogens (tertiary/aromatic N) is 2. The Morgan fingerprint density at radius 3 is 2.71 bits per heavy atom. The van der Waals surface area contributed by atoms with Crippen LogP contribution in [0.15, 0.2) is 27.0 Å². The third-order valence-electron chi connectivity index (χ3n) is 2.58. The maximum Gasteiger partial charge on any atom is 0.267 e. The van der Waals surface area contributed by atoms with Crippen LogP contribution in [0.25, 0.3) is 0 Å². The topological polar surface area (TPSA) is 110 Å². The van der Waals surface area contributed by atoms with Gasteiger partial charge < -0.3 is 5.43 Å². The maximum atomic E-state index is 12.4. The summed E-state index contributed by atoms with van der Waals surface area (Å²) >= 11 is 4.42. The molecule has 0 bridgehead atoms. The second-order valence-corrected chi connectivity index (χ2v) is 7.91. The molecule has 0 aliphatic heterocycles. The van der Waals surface area contributed by atoms with Crippen LogP contribution in [0, 0.1) is 0 Å². The van der Waals surface area contributed by atoms with E-state index in [4.69, 9.17) is 5.84 Å². The first kappa shape index (κ1) is 16.1. The van der Waals surface area contributed by atoms with E-state index in [1.54, 1.807) is 0 Å². The van der Waals surface area contributed by atoms with E-state index in [1.165, 1.54) is 23.6 Å². The number of hydrazine groups is 1. The van der Waals surface area contributed by atoms with Crippen molar-refractivity contribution in [3.63, 3.8) is 0 Å². The summed E-state index contributed by atoms with van der Waals surface area (Å²) in [5.74, 6) is 5.59. The normalized spacial score (nSPS) is 11.7. The minimum atomic E-state index is -3.83. The summed E-state index contributed by atoms with van der Waals surface area (Å²) in [6.07, 6.45) is 1.45. The Bertz CT molecular complexity index is 745. The minimum Gasteiger partial charge on any atom is -0.307 e. The summed E-state index contributed by atoms with van der Waals surface area (Å²) in [4.78, 5) is 8.11. The average molecular weight is 392 g/mol. The first-order chi connectivity index (χ1) is 9.83. The molecule has 2 aromatic heterocycles. The van der Waals surface area contributed by atoms with Gasteiger partial charge in [0.1, 0.15) is 4.90 Å². The Morgan fingerprint density at radius 2 is 2.14 bits per heavy atom. The molecule has 0 saturated carbocycles. The molecule has 0 saturated heterocycles. The number of hydrogen-bond acceptors (Lipinski definition) is 7. The predicted octanol–water partition coefficient (Wildman–Crippen LogP) is 2.51. The standard InChI is InChI=1S/C11H14BrN5O2S2/c1-6(2)8-5-20-11(15-8)17-21(18,19)9-3-7(12)4-14-10(9)16-13/h3-6H,13H2,1-2H3,(H,14,16)(H,15,17). The number of sulfonamides is 1. The number of thiazole rings is 1. The van der Waals surface area contributed by atoms with Gasteiger partial charge >= 0.3 is 0 Å². The van der Waals surface area contributed by atoms with Crippen molar-refractivity contribution in [2.24, 2.45) is 5.84 Å².